The van der Waals surface area contributed by atoms with Gasteiger partial charge < -0.3 is 15.0 Å². The molecule has 0 atom stereocenters. The molecule has 0 radical (unpaired) electrons. The van der Waals surface area contributed by atoms with Crippen molar-refractivity contribution in [1.29, 1.82) is 0 Å². The first kappa shape index (κ1) is 19.0. The second kappa shape index (κ2) is 7.39. The number of aromatic nitrogens is 3. The zero-order valence-electron chi connectivity index (χ0n) is 17.1. The fraction of sp³-hybridized carbons (Fsp3) is 0.174. The molecule has 5 rings (SSSR count). The van der Waals surface area contributed by atoms with Gasteiger partial charge in [-0.1, -0.05) is 12.1 Å². The SMILES string of the molecule is COc1ccc(-c2n[nH]c3cc4c(cc23)CN(Cc2ccc(F)c(C)c2)C(=O)N4)cn1. The van der Waals surface area contributed by atoms with Gasteiger partial charge >= 0.3 is 6.03 Å². The van der Waals surface area contributed by atoms with E-state index in [1.807, 2.05) is 18.2 Å². The number of aromatic amines is 1. The highest BCUT2D eigenvalue weighted by atomic mass is 19.1. The zero-order chi connectivity index (χ0) is 21.5. The van der Waals surface area contributed by atoms with Crippen LogP contribution in [0.15, 0.2) is 48.7 Å². The van der Waals surface area contributed by atoms with Crippen molar-refractivity contribution in [3.05, 3.63) is 71.2 Å². The number of nitrogens with zero attached hydrogens (tertiary/aromatic N) is 3. The summed E-state index contributed by atoms with van der Waals surface area (Å²) in [4.78, 5) is 18.6. The van der Waals surface area contributed by atoms with Gasteiger partial charge in [0.1, 0.15) is 11.5 Å². The van der Waals surface area contributed by atoms with Gasteiger partial charge in [-0.25, -0.2) is 14.2 Å². The molecule has 2 N–H and O–H groups in total. The van der Waals surface area contributed by atoms with Crippen LogP contribution < -0.4 is 10.1 Å². The number of hydrogen-bond donors (Lipinski definition) is 2. The Morgan fingerprint density at radius 3 is 2.81 bits per heavy atom. The van der Waals surface area contributed by atoms with Gasteiger partial charge in [-0.15, -0.1) is 0 Å². The number of urea groups is 1. The number of anilines is 1. The van der Waals surface area contributed by atoms with Gasteiger partial charge in [0.2, 0.25) is 5.88 Å². The number of benzene rings is 2. The lowest BCUT2D eigenvalue weighted by Gasteiger charge is -2.29. The van der Waals surface area contributed by atoms with Gasteiger partial charge in [0, 0.05) is 42.0 Å². The highest BCUT2D eigenvalue weighted by Gasteiger charge is 2.24. The monoisotopic (exact) mass is 417 g/mol. The first-order valence-corrected chi connectivity index (χ1v) is 9.84. The highest BCUT2D eigenvalue weighted by molar-refractivity contribution is 6.00. The molecule has 1 aliphatic rings. The molecular formula is C23H20FN5O2. The van der Waals surface area contributed by atoms with Crippen LogP contribution in [-0.4, -0.2) is 33.2 Å². The van der Waals surface area contributed by atoms with Crippen LogP contribution in [0.2, 0.25) is 0 Å². The van der Waals surface area contributed by atoms with Gasteiger partial charge in [-0.05, 0) is 47.9 Å². The summed E-state index contributed by atoms with van der Waals surface area (Å²) in [5.74, 6) is 0.287. The van der Waals surface area contributed by atoms with E-state index in [1.54, 1.807) is 43.3 Å². The number of aryl methyl sites for hydroxylation is 1. The maximum Gasteiger partial charge on any atom is 0.322 e. The molecule has 4 aromatic rings. The minimum atomic E-state index is -0.250. The van der Waals surface area contributed by atoms with Crippen molar-refractivity contribution in [1.82, 2.24) is 20.1 Å². The van der Waals surface area contributed by atoms with E-state index in [0.29, 0.717) is 24.5 Å². The fourth-order valence-corrected chi connectivity index (χ4v) is 3.84. The number of ether oxygens (including phenoxy) is 1. The average Bonchev–Trinajstić information content (AvgIpc) is 3.18. The van der Waals surface area contributed by atoms with Crippen molar-refractivity contribution < 1.29 is 13.9 Å². The summed E-state index contributed by atoms with van der Waals surface area (Å²) in [5, 5.41) is 11.4. The van der Waals surface area contributed by atoms with E-state index < -0.39 is 0 Å². The van der Waals surface area contributed by atoms with E-state index >= 15 is 0 Å². The molecule has 3 heterocycles. The first-order valence-electron chi connectivity index (χ1n) is 9.84. The minimum Gasteiger partial charge on any atom is -0.481 e. The molecule has 8 heteroatoms. The van der Waals surface area contributed by atoms with Crippen molar-refractivity contribution in [2.45, 2.75) is 20.0 Å². The number of fused-ring (bicyclic) bond motifs is 2. The molecule has 0 saturated heterocycles. The van der Waals surface area contributed by atoms with Crippen LogP contribution in [0.5, 0.6) is 5.88 Å². The zero-order valence-corrected chi connectivity index (χ0v) is 17.1. The lowest BCUT2D eigenvalue weighted by atomic mass is 10.0. The summed E-state index contributed by atoms with van der Waals surface area (Å²) in [7, 11) is 1.57. The topological polar surface area (TPSA) is 83.1 Å². The number of amides is 2. The molecule has 1 aliphatic heterocycles. The van der Waals surface area contributed by atoms with Crippen molar-refractivity contribution in [3.63, 3.8) is 0 Å². The van der Waals surface area contributed by atoms with Crippen molar-refractivity contribution in [2.24, 2.45) is 0 Å². The maximum absolute atomic E-state index is 13.6. The van der Waals surface area contributed by atoms with E-state index in [1.165, 1.54) is 6.07 Å². The van der Waals surface area contributed by atoms with Crippen LogP contribution in [0.3, 0.4) is 0 Å². The smallest absolute Gasteiger partial charge is 0.322 e. The van der Waals surface area contributed by atoms with Crippen LogP contribution in [0.1, 0.15) is 16.7 Å². The Labute approximate surface area is 177 Å². The van der Waals surface area contributed by atoms with E-state index in [4.69, 9.17) is 4.74 Å². The Hall–Kier alpha value is -3.94. The van der Waals surface area contributed by atoms with Crippen molar-refractivity contribution in [3.8, 4) is 17.1 Å². The Bertz CT molecular complexity index is 1300. The standard InChI is InChI=1S/C23H20FN5O2/c1-13-7-14(3-5-18(13)24)11-29-12-16-8-17-20(9-19(16)26-23(29)30)27-28-22(17)15-4-6-21(31-2)25-10-15/h3-10H,11-12H2,1-2H3,(H,26,30)(H,27,28). The van der Waals surface area contributed by atoms with Crippen LogP contribution in [0.25, 0.3) is 22.2 Å². The lowest BCUT2D eigenvalue weighted by molar-refractivity contribution is 0.204. The second-order valence-electron chi connectivity index (χ2n) is 7.59. The number of carbonyl (C=O) groups is 1. The van der Waals surface area contributed by atoms with Gasteiger partial charge in [-0.2, -0.15) is 5.10 Å². The summed E-state index contributed by atoms with van der Waals surface area (Å²) in [6.45, 7) is 2.56. The van der Waals surface area contributed by atoms with E-state index in [-0.39, 0.29) is 11.8 Å². The van der Waals surface area contributed by atoms with Crippen LogP contribution in [-0.2, 0) is 13.1 Å². The molecule has 2 aromatic heterocycles. The quantitative estimate of drug-likeness (QED) is 0.507. The number of nitrogens with one attached hydrogen (secondary N) is 2. The maximum atomic E-state index is 13.6. The lowest BCUT2D eigenvalue weighted by Crippen LogP contribution is -2.38. The molecule has 2 aromatic carbocycles. The number of carbonyl (C=O) groups excluding carboxylic acids is 1. The second-order valence-corrected chi connectivity index (χ2v) is 7.59. The molecule has 31 heavy (non-hydrogen) atoms. The normalized spacial score (nSPS) is 13.3. The van der Waals surface area contributed by atoms with Crippen LogP contribution in [0, 0.1) is 12.7 Å². The molecular weight excluding hydrogens is 397 g/mol. The Balaban J connectivity index is 1.47. The molecule has 0 bridgehead atoms. The average molecular weight is 417 g/mol. The predicted octanol–water partition coefficient (Wildman–Crippen LogP) is 4.63. The predicted molar refractivity (Wildman–Crippen MR) is 115 cm³/mol. The number of halogens is 1. The Kier molecular flexibility index (Phi) is 4.54. The Morgan fingerprint density at radius 1 is 1.19 bits per heavy atom. The third-order valence-electron chi connectivity index (χ3n) is 5.49. The fourth-order valence-electron chi connectivity index (χ4n) is 3.84. The number of pyridine rings is 1. The Morgan fingerprint density at radius 2 is 2.06 bits per heavy atom. The molecule has 0 aliphatic carbocycles. The van der Waals surface area contributed by atoms with Gasteiger partial charge in [0.05, 0.1) is 12.6 Å². The molecule has 156 valence electrons. The number of methoxy groups -OCH3 is 1. The van der Waals surface area contributed by atoms with Gasteiger partial charge in [0.15, 0.2) is 0 Å². The van der Waals surface area contributed by atoms with Gasteiger partial charge in [-0.3, -0.25) is 5.10 Å². The molecule has 2 amide bonds. The summed E-state index contributed by atoms with van der Waals surface area (Å²) in [6.07, 6.45) is 1.72. The van der Waals surface area contributed by atoms with Crippen LogP contribution >= 0.6 is 0 Å². The third kappa shape index (κ3) is 3.46. The third-order valence-corrected chi connectivity index (χ3v) is 5.49. The molecule has 0 fully saturated rings. The van der Waals surface area contributed by atoms with Crippen molar-refractivity contribution in [2.75, 3.05) is 12.4 Å². The summed E-state index contributed by atoms with van der Waals surface area (Å²) >= 11 is 0. The number of rotatable bonds is 4. The summed E-state index contributed by atoms with van der Waals surface area (Å²) < 4.78 is 18.7. The van der Waals surface area contributed by atoms with E-state index in [2.05, 4.69) is 20.5 Å². The molecule has 0 saturated carbocycles. The van der Waals surface area contributed by atoms with E-state index in [9.17, 15) is 9.18 Å². The van der Waals surface area contributed by atoms with Crippen LogP contribution in [0.4, 0.5) is 14.9 Å². The van der Waals surface area contributed by atoms with E-state index in [0.717, 1.165) is 39.0 Å². The number of H-pyrrole nitrogens is 1. The highest BCUT2D eigenvalue weighted by Crippen LogP contribution is 2.33. The molecule has 7 nitrogen and oxygen atoms in total. The molecule has 0 unspecified atom stereocenters. The summed E-state index contributed by atoms with van der Waals surface area (Å²) in [5.41, 5.74) is 5.66. The largest absolute Gasteiger partial charge is 0.481 e. The van der Waals surface area contributed by atoms with Gasteiger partial charge in [0.25, 0.3) is 0 Å². The first-order chi connectivity index (χ1) is 15.0. The van der Waals surface area contributed by atoms with Crippen molar-refractivity contribution >= 4 is 22.6 Å². The molecule has 0 spiro atoms. The minimum absolute atomic E-state index is 0.187. The number of hydrogen-bond acceptors (Lipinski definition) is 4. The summed E-state index contributed by atoms with van der Waals surface area (Å²) in [6, 6.07) is 12.4.